The zero-order chi connectivity index (χ0) is 18.9. The Morgan fingerprint density at radius 3 is 2.27 bits per heavy atom. The molecule has 0 saturated heterocycles. The monoisotopic (exact) mass is 357 g/mol. The zero-order valence-corrected chi connectivity index (χ0v) is 14.8. The van der Waals surface area contributed by atoms with Gasteiger partial charge in [-0.2, -0.15) is 0 Å². The predicted molar refractivity (Wildman–Crippen MR) is 96.8 cm³/mol. The summed E-state index contributed by atoms with van der Waals surface area (Å²) in [4.78, 5) is 36.0. The lowest BCUT2D eigenvalue weighted by Gasteiger charge is -2.29. The molecule has 0 atom stereocenters. The quantitative estimate of drug-likeness (QED) is 0.498. The van der Waals surface area contributed by atoms with Gasteiger partial charge in [0.25, 0.3) is 0 Å². The Hall–Kier alpha value is -2.83. The van der Waals surface area contributed by atoms with Crippen LogP contribution in [0.5, 0.6) is 5.75 Å². The average molecular weight is 357 g/mol. The molecular weight excluding hydrogens is 334 g/mol. The van der Waals surface area contributed by atoms with Crippen molar-refractivity contribution >= 4 is 28.8 Å². The summed E-state index contributed by atoms with van der Waals surface area (Å²) in [5.74, 6) is -0.676. The van der Waals surface area contributed by atoms with Gasteiger partial charge in [0.2, 0.25) is 5.91 Å². The first-order valence-corrected chi connectivity index (χ1v) is 8.79. The second-order valence-electron chi connectivity index (χ2n) is 6.86. The van der Waals surface area contributed by atoms with Gasteiger partial charge in [0, 0.05) is 18.5 Å². The van der Waals surface area contributed by atoms with Gasteiger partial charge in [-0.3, -0.25) is 14.2 Å². The molecule has 26 heavy (non-hydrogen) atoms. The number of fused-ring (bicyclic) bond motifs is 1. The molecule has 138 valence electrons. The number of benzene rings is 1. The number of hydrogen-bond donors (Lipinski definition) is 2. The van der Waals surface area contributed by atoms with Crippen LogP contribution < -0.4 is 16.2 Å². The fraction of sp³-hybridized carbons (Fsp3) is 0.421. The van der Waals surface area contributed by atoms with E-state index in [-0.39, 0.29) is 5.75 Å². The van der Waals surface area contributed by atoms with Crippen LogP contribution in [0.1, 0.15) is 51.0 Å². The van der Waals surface area contributed by atoms with Crippen molar-refractivity contribution in [3.63, 3.8) is 0 Å². The van der Waals surface area contributed by atoms with Crippen molar-refractivity contribution in [2.24, 2.45) is 11.5 Å². The highest BCUT2D eigenvalue weighted by Gasteiger charge is 2.41. The molecule has 4 N–H and O–H groups in total. The van der Waals surface area contributed by atoms with E-state index in [1.807, 2.05) is 0 Å². The summed E-state index contributed by atoms with van der Waals surface area (Å²) in [6.07, 6.45) is 6.68. The molecule has 1 aliphatic carbocycles. The van der Waals surface area contributed by atoms with Crippen LogP contribution in [0.25, 0.3) is 10.9 Å². The molecule has 7 heteroatoms. The van der Waals surface area contributed by atoms with Crippen molar-refractivity contribution in [1.82, 2.24) is 4.57 Å². The number of esters is 1. The number of carbonyl (C=O) groups is 3. The SMILES string of the molecule is CC(=O)Oc1cccc2c(C3(C(N)=O)CCCCCC3)cn(C(N)=O)c12. The number of carbonyl (C=O) groups excluding carboxylic acids is 3. The number of rotatable bonds is 3. The second kappa shape index (κ2) is 6.82. The summed E-state index contributed by atoms with van der Waals surface area (Å²) in [5.41, 5.74) is 11.6. The summed E-state index contributed by atoms with van der Waals surface area (Å²) in [5, 5.41) is 0.656. The molecule has 1 heterocycles. The van der Waals surface area contributed by atoms with Crippen LogP contribution in [-0.2, 0) is 15.0 Å². The third-order valence-corrected chi connectivity index (χ3v) is 5.22. The topological polar surface area (TPSA) is 117 Å². The van der Waals surface area contributed by atoms with E-state index < -0.39 is 23.3 Å². The van der Waals surface area contributed by atoms with Gasteiger partial charge in [-0.1, -0.05) is 37.8 Å². The van der Waals surface area contributed by atoms with Gasteiger partial charge in [0.15, 0.2) is 5.75 Å². The summed E-state index contributed by atoms with van der Waals surface area (Å²) in [6.45, 7) is 1.29. The van der Waals surface area contributed by atoms with Crippen LogP contribution in [0, 0.1) is 0 Å². The Labute approximate surface area is 151 Å². The molecule has 2 amide bonds. The molecule has 0 aliphatic heterocycles. The fourth-order valence-corrected chi connectivity index (χ4v) is 4.02. The molecule has 0 unspecified atom stereocenters. The maximum atomic E-state index is 12.5. The van der Waals surface area contributed by atoms with Gasteiger partial charge in [-0.05, 0) is 24.5 Å². The lowest BCUT2D eigenvalue weighted by molar-refractivity contribution is -0.131. The molecule has 1 aliphatic rings. The number of nitrogens with two attached hydrogens (primary N) is 2. The molecule has 1 aromatic heterocycles. The molecule has 2 aromatic rings. The average Bonchev–Trinajstić information content (AvgIpc) is 2.80. The van der Waals surface area contributed by atoms with Gasteiger partial charge >= 0.3 is 12.0 Å². The van der Waals surface area contributed by atoms with E-state index in [1.54, 1.807) is 24.4 Å². The number of primary amides is 2. The molecule has 0 radical (unpaired) electrons. The summed E-state index contributed by atoms with van der Waals surface area (Å²) >= 11 is 0. The molecule has 0 spiro atoms. The summed E-state index contributed by atoms with van der Waals surface area (Å²) in [7, 11) is 0. The van der Waals surface area contributed by atoms with Crippen molar-refractivity contribution in [1.29, 1.82) is 0 Å². The molecule has 3 rings (SSSR count). The lowest BCUT2D eigenvalue weighted by atomic mass is 9.73. The Balaban J connectivity index is 2.30. The number of hydrogen-bond acceptors (Lipinski definition) is 4. The van der Waals surface area contributed by atoms with Crippen LogP contribution in [0.15, 0.2) is 24.4 Å². The molecule has 0 bridgehead atoms. The highest BCUT2D eigenvalue weighted by molar-refractivity contribution is 6.01. The molecule has 1 aromatic carbocycles. The summed E-state index contributed by atoms with van der Waals surface area (Å²) in [6, 6.07) is 4.40. The Kier molecular flexibility index (Phi) is 4.71. The maximum absolute atomic E-state index is 12.5. The van der Waals surface area contributed by atoms with Crippen molar-refractivity contribution in [3.8, 4) is 5.75 Å². The van der Waals surface area contributed by atoms with Crippen LogP contribution in [0.3, 0.4) is 0 Å². The van der Waals surface area contributed by atoms with Crippen LogP contribution in [0.4, 0.5) is 4.79 Å². The van der Waals surface area contributed by atoms with Gasteiger partial charge < -0.3 is 16.2 Å². The standard InChI is InChI=1S/C19H23N3O4/c1-12(23)26-15-8-6-7-13-14(11-22(16(13)15)18(21)25)19(17(20)24)9-4-2-3-5-10-19/h6-8,11H,2-5,9-10H2,1H3,(H2,20,24)(H2,21,25). The minimum absolute atomic E-state index is 0.230. The van der Waals surface area contributed by atoms with E-state index in [0.717, 1.165) is 25.7 Å². The highest BCUT2D eigenvalue weighted by Crippen LogP contribution is 2.43. The van der Waals surface area contributed by atoms with E-state index in [0.29, 0.717) is 29.3 Å². The Morgan fingerprint density at radius 1 is 1.08 bits per heavy atom. The third-order valence-electron chi connectivity index (χ3n) is 5.22. The van der Waals surface area contributed by atoms with Crippen LogP contribution in [0.2, 0.25) is 0 Å². The Bertz CT molecular complexity index is 876. The molecule has 7 nitrogen and oxygen atoms in total. The van der Waals surface area contributed by atoms with Crippen molar-refractivity contribution in [2.45, 2.75) is 50.9 Å². The van der Waals surface area contributed by atoms with E-state index in [1.165, 1.54) is 11.5 Å². The van der Waals surface area contributed by atoms with Crippen molar-refractivity contribution in [3.05, 3.63) is 30.0 Å². The largest absolute Gasteiger partial charge is 0.424 e. The Morgan fingerprint density at radius 2 is 1.73 bits per heavy atom. The summed E-state index contributed by atoms with van der Waals surface area (Å²) < 4.78 is 6.49. The zero-order valence-electron chi connectivity index (χ0n) is 14.8. The second-order valence-corrected chi connectivity index (χ2v) is 6.86. The number of nitrogens with zero attached hydrogens (tertiary/aromatic N) is 1. The van der Waals surface area contributed by atoms with E-state index in [4.69, 9.17) is 16.2 Å². The van der Waals surface area contributed by atoms with E-state index >= 15 is 0 Å². The number of aromatic nitrogens is 1. The van der Waals surface area contributed by atoms with Gasteiger partial charge in [0.05, 0.1) is 5.41 Å². The smallest absolute Gasteiger partial charge is 0.323 e. The normalized spacial score (nSPS) is 16.8. The number of para-hydroxylation sites is 1. The van der Waals surface area contributed by atoms with Gasteiger partial charge in [0.1, 0.15) is 5.52 Å². The number of ether oxygens (including phenoxy) is 1. The first-order chi connectivity index (χ1) is 12.4. The van der Waals surface area contributed by atoms with Gasteiger partial charge in [-0.15, -0.1) is 0 Å². The van der Waals surface area contributed by atoms with E-state index in [9.17, 15) is 14.4 Å². The molecule has 1 saturated carbocycles. The van der Waals surface area contributed by atoms with Crippen molar-refractivity contribution in [2.75, 3.05) is 0 Å². The van der Waals surface area contributed by atoms with E-state index in [2.05, 4.69) is 0 Å². The minimum Gasteiger partial charge on any atom is -0.424 e. The minimum atomic E-state index is -0.857. The predicted octanol–water partition coefficient (Wildman–Crippen LogP) is 2.57. The fourth-order valence-electron chi connectivity index (χ4n) is 4.02. The maximum Gasteiger partial charge on any atom is 0.323 e. The van der Waals surface area contributed by atoms with Crippen LogP contribution >= 0.6 is 0 Å². The number of amides is 2. The first-order valence-electron chi connectivity index (χ1n) is 8.79. The molecule has 1 fully saturated rings. The van der Waals surface area contributed by atoms with Crippen molar-refractivity contribution < 1.29 is 19.1 Å². The third kappa shape index (κ3) is 2.94. The van der Waals surface area contributed by atoms with Crippen LogP contribution in [-0.4, -0.2) is 22.5 Å². The molecular formula is C19H23N3O4. The lowest BCUT2D eigenvalue weighted by Crippen LogP contribution is -2.40. The van der Waals surface area contributed by atoms with Gasteiger partial charge in [-0.25, -0.2) is 4.79 Å². The first kappa shape index (κ1) is 18.0. The highest BCUT2D eigenvalue weighted by atomic mass is 16.5.